The Hall–Kier alpha value is -2.03. The smallest absolute Gasteiger partial charge is 0.243 e. The largest absolute Gasteiger partial charge is 0.339 e. The van der Waals surface area contributed by atoms with Gasteiger partial charge in [-0.25, -0.2) is 8.42 Å². The van der Waals surface area contributed by atoms with Crippen LogP contribution in [0.25, 0.3) is 11.4 Å². The predicted molar refractivity (Wildman–Crippen MR) is 109 cm³/mol. The monoisotopic (exact) mass is 461 g/mol. The molecule has 0 radical (unpaired) electrons. The fourth-order valence-electron chi connectivity index (χ4n) is 3.28. The quantitative estimate of drug-likeness (QED) is 0.566. The molecule has 0 bridgehead atoms. The highest BCUT2D eigenvalue weighted by molar-refractivity contribution is 9.10. The number of piperidine rings is 1. The molecule has 3 aromatic rings. The maximum atomic E-state index is 12.7. The normalized spacial score (nSPS) is 15.6. The van der Waals surface area contributed by atoms with Crippen LogP contribution in [0, 0.1) is 0 Å². The lowest BCUT2D eigenvalue weighted by Crippen LogP contribution is -2.35. The molecule has 1 aromatic heterocycles. The molecule has 6 nitrogen and oxygen atoms in total. The first kappa shape index (κ1) is 19.3. The summed E-state index contributed by atoms with van der Waals surface area (Å²) in [7, 11) is -3.44. The number of halogens is 1. The van der Waals surface area contributed by atoms with Crippen molar-refractivity contribution in [3.8, 4) is 11.4 Å². The molecule has 0 spiro atoms. The Kier molecular flexibility index (Phi) is 5.61. The molecular formula is C20H20BrN3O3S. The summed E-state index contributed by atoms with van der Waals surface area (Å²) in [5.41, 5.74) is 1.78. The Morgan fingerprint density at radius 2 is 1.71 bits per heavy atom. The van der Waals surface area contributed by atoms with E-state index in [2.05, 4.69) is 26.1 Å². The van der Waals surface area contributed by atoms with Gasteiger partial charge in [-0.3, -0.25) is 0 Å². The average molecular weight is 462 g/mol. The van der Waals surface area contributed by atoms with E-state index >= 15 is 0 Å². The first-order valence-corrected chi connectivity index (χ1v) is 11.4. The SMILES string of the molecule is O=S(=O)(c1ccc(-c2noc(Cc3ccccc3Br)n2)cc1)N1CCCCC1. The van der Waals surface area contributed by atoms with E-state index in [1.807, 2.05) is 24.3 Å². The maximum absolute atomic E-state index is 12.7. The van der Waals surface area contributed by atoms with Crippen molar-refractivity contribution >= 4 is 26.0 Å². The molecule has 1 fully saturated rings. The Morgan fingerprint density at radius 1 is 1.00 bits per heavy atom. The van der Waals surface area contributed by atoms with Gasteiger partial charge in [0.2, 0.25) is 21.7 Å². The molecule has 0 saturated carbocycles. The van der Waals surface area contributed by atoms with Crippen LogP contribution < -0.4 is 0 Å². The second-order valence-corrected chi connectivity index (χ2v) is 9.56. The van der Waals surface area contributed by atoms with Gasteiger partial charge < -0.3 is 4.52 Å². The Bertz CT molecular complexity index is 1060. The van der Waals surface area contributed by atoms with E-state index in [1.54, 1.807) is 28.6 Å². The Morgan fingerprint density at radius 3 is 2.43 bits per heavy atom. The maximum Gasteiger partial charge on any atom is 0.243 e. The van der Waals surface area contributed by atoms with Gasteiger partial charge in [-0.05, 0) is 48.7 Å². The van der Waals surface area contributed by atoms with Gasteiger partial charge in [0.25, 0.3) is 0 Å². The zero-order valence-electron chi connectivity index (χ0n) is 15.2. The molecule has 0 N–H and O–H groups in total. The van der Waals surface area contributed by atoms with Gasteiger partial charge in [-0.1, -0.05) is 45.7 Å². The van der Waals surface area contributed by atoms with Crippen LogP contribution in [0.1, 0.15) is 30.7 Å². The summed E-state index contributed by atoms with van der Waals surface area (Å²) < 4.78 is 33.4. The summed E-state index contributed by atoms with van der Waals surface area (Å²) in [6, 6.07) is 14.5. The summed E-state index contributed by atoms with van der Waals surface area (Å²) in [5.74, 6) is 0.955. The van der Waals surface area contributed by atoms with E-state index in [9.17, 15) is 8.42 Å². The average Bonchev–Trinajstić information content (AvgIpc) is 3.19. The lowest BCUT2D eigenvalue weighted by molar-refractivity contribution is 0.346. The van der Waals surface area contributed by atoms with Gasteiger partial charge >= 0.3 is 0 Å². The number of hydrogen-bond acceptors (Lipinski definition) is 5. The van der Waals surface area contributed by atoms with E-state index in [4.69, 9.17) is 4.52 Å². The highest BCUT2D eigenvalue weighted by Gasteiger charge is 2.25. The van der Waals surface area contributed by atoms with Gasteiger partial charge in [0.15, 0.2) is 0 Å². The first-order chi connectivity index (χ1) is 13.5. The lowest BCUT2D eigenvalue weighted by Gasteiger charge is -2.25. The Labute approximate surface area is 172 Å². The second-order valence-electron chi connectivity index (χ2n) is 6.77. The van der Waals surface area contributed by atoms with Gasteiger partial charge in [0.05, 0.1) is 11.3 Å². The zero-order chi connectivity index (χ0) is 19.6. The van der Waals surface area contributed by atoms with Crippen LogP contribution in [0.5, 0.6) is 0 Å². The first-order valence-electron chi connectivity index (χ1n) is 9.20. The third kappa shape index (κ3) is 4.04. The molecule has 0 aliphatic carbocycles. The summed E-state index contributed by atoms with van der Waals surface area (Å²) in [6.07, 6.45) is 3.45. The molecule has 1 saturated heterocycles. The molecule has 28 heavy (non-hydrogen) atoms. The molecular weight excluding hydrogens is 442 g/mol. The van der Waals surface area contributed by atoms with Crippen LogP contribution in [0.4, 0.5) is 0 Å². The van der Waals surface area contributed by atoms with Crippen LogP contribution >= 0.6 is 15.9 Å². The van der Waals surface area contributed by atoms with Crippen molar-refractivity contribution in [2.75, 3.05) is 13.1 Å². The van der Waals surface area contributed by atoms with Gasteiger partial charge in [0, 0.05) is 23.1 Å². The summed E-state index contributed by atoms with van der Waals surface area (Å²) >= 11 is 3.51. The number of benzene rings is 2. The molecule has 8 heteroatoms. The highest BCUT2D eigenvalue weighted by atomic mass is 79.9. The van der Waals surface area contributed by atoms with Crippen LogP contribution in [0.3, 0.4) is 0 Å². The molecule has 4 rings (SSSR count). The van der Waals surface area contributed by atoms with Crippen LogP contribution in [0.15, 0.2) is 62.4 Å². The highest BCUT2D eigenvalue weighted by Crippen LogP contribution is 2.24. The van der Waals surface area contributed by atoms with Gasteiger partial charge in [-0.15, -0.1) is 0 Å². The van der Waals surface area contributed by atoms with E-state index in [0.29, 0.717) is 36.1 Å². The number of hydrogen-bond donors (Lipinski definition) is 0. The summed E-state index contributed by atoms with van der Waals surface area (Å²) in [5, 5.41) is 4.03. The van der Waals surface area contributed by atoms with Crippen molar-refractivity contribution in [2.45, 2.75) is 30.6 Å². The van der Waals surface area contributed by atoms with E-state index in [0.717, 1.165) is 34.9 Å². The number of nitrogens with zero attached hydrogens (tertiary/aromatic N) is 3. The fraction of sp³-hybridized carbons (Fsp3) is 0.300. The third-order valence-corrected chi connectivity index (χ3v) is 7.52. The van der Waals surface area contributed by atoms with Crippen molar-refractivity contribution < 1.29 is 12.9 Å². The van der Waals surface area contributed by atoms with E-state index in [1.165, 1.54) is 0 Å². The molecule has 0 unspecified atom stereocenters. The van der Waals surface area contributed by atoms with Crippen molar-refractivity contribution in [1.82, 2.24) is 14.4 Å². The summed E-state index contributed by atoms with van der Waals surface area (Å²) in [4.78, 5) is 4.74. The molecule has 0 atom stereocenters. The molecule has 146 valence electrons. The van der Waals surface area contributed by atoms with Crippen LogP contribution in [-0.2, 0) is 16.4 Å². The van der Waals surface area contributed by atoms with Crippen LogP contribution in [0.2, 0.25) is 0 Å². The molecule has 1 aliphatic rings. The predicted octanol–water partition coefficient (Wildman–Crippen LogP) is 4.26. The van der Waals surface area contributed by atoms with E-state index < -0.39 is 10.0 Å². The number of aromatic nitrogens is 2. The number of sulfonamides is 1. The van der Waals surface area contributed by atoms with Crippen molar-refractivity contribution in [1.29, 1.82) is 0 Å². The van der Waals surface area contributed by atoms with Crippen molar-refractivity contribution in [2.24, 2.45) is 0 Å². The molecule has 1 aliphatic heterocycles. The molecule has 2 heterocycles. The van der Waals surface area contributed by atoms with E-state index in [-0.39, 0.29) is 0 Å². The van der Waals surface area contributed by atoms with Gasteiger partial charge in [0.1, 0.15) is 0 Å². The van der Waals surface area contributed by atoms with Gasteiger partial charge in [-0.2, -0.15) is 9.29 Å². The molecule has 2 aromatic carbocycles. The fourth-order valence-corrected chi connectivity index (χ4v) is 5.22. The van der Waals surface area contributed by atoms with Crippen molar-refractivity contribution in [3.63, 3.8) is 0 Å². The lowest BCUT2D eigenvalue weighted by atomic mass is 10.1. The Balaban J connectivity index is 1.51. The number of rotatable bonds is 5. The zero-order valence-corrected chi connectivity index (χ0v) is 17.6. The molecule has 0 amide bonds. The third-order valence-electron chi connectivity index (χ3n) is 4.83. The van der Waals surface area contributed by atoms with Crippen LogP contribution in [-0.4, -0.2) is 36.0 Å². The topological polar surface area (TPSA) is 76.3 Å². The second kappa shape index (κ2) is 8.14. The van der Waals surface area contributed by atoms with Crippen molar-refractivity contribution in [3.05, 3.63) is 64.5 Å². The minimum Gasteiger partial charge on any atom is -0.339 e. The summed E-state index contributed by atoms with van der Waals surface area (Å²) in [6.45, 7) is 1.18. The minimum absolute atomic E-state index is 0.301. The standard InChI is InChI=1S/C20H20BrN3O3S/c21-18-7-3-2-6-16(18)14-19-22-20(23-27-19)15-8-10-17(11-9-15)28(25,26)24-12-4-1-5-13-24/h2-3,6-11H,1,4-5,12-14H2. The minimum atomic E-state index is -3.44.